The van der Waals surface area contributed by atoms with Gasteiger partial charge in [0.2, 0.25) is 0 Å². The lowest BCUT2D eigenvalue weighted by Crippen LogP contribution is -2.07. The number of nitrogen functional groups attached to an aromatic ring is 1. The number of anilines is 2. The molecule has 20 heavy (non-hydrogen) atoms. The Labute approximate surface area is 124 Å². The fourth-order valence-corrected chi connectivity index (χ4v) is 2.41. The lowest BCUT2D eigenvalue weighted by molar-refractivity contribution is 0.340. The first-order valence-corrected chi connectivity index (χ1v) is 7.02. The average Bonchev–Trinajstić information content (AvgIpc) is 2.38. The molecule has 2 aromatic carbocycles. The maximum Gasteiger partial charge on any atom is 0.123 e. The Kier molecular flexibility index (Phi) is 4.74. The Morgan fingerprint density at radius 3 is 2.70 bits per heavy atom. The summed E-state index contributed by atoms with van der Waals surface area (Å²) in [4.78, 5) is 0. The first-order valence-electron chi connectivity index (χ1n) is 6.64. The minimum atomic E-state index is 0.0833. The highest BCUT2D eigenvalue weighted by molar-refractivity contribution is 6.31. The van der Waals surface area contributed by atoms with Gasteiger partial charge in [0, 0.05) is 34.6 Å². The summed E-state index contributed by atoms with van der Waals surface area (Å²) >= 11 is 6.21. The summed E-state index contributed by atoms with van der Waals surface area (Å²) in [7, 11) is 0. The van der Waals surface area contributed by atoms with Crippen LogP contribution in [0.4, 0.5) is 11.4 Å². The van der Waals surface area contributed by atoms with E-state index in [0.717, 1.165) is 22.0 Å². The summed E-state index contributed by atoms with van der Waals surface area (Å²) in [5, 5.41) is 4.15. The van der Waals surface area contributed by atoms with Crippen LogP contribution in [0.15, 0.2) is 42.5 Å². The molecule has 2 rings (SSSR count). The van der Waals surface area contributed by atoms with E-state index in [-0.39, 0.29) is 6.04 Å². The first-order chi connectivity index (χ1) is 9.60. The SMILES string of the molecule is CCOc1cc(N)cc(NC(C)c2ccccc2Cl)c1. The van der Waals surface area contributed by atoms with Crippen LogP contribution < -0.4 is 15.8 Å². The molecular weight excluding hydrogens is 272 g/mol. The molecule has 0 spiro atoms. The van der Waals surface area contributed by atoms with Crippen LogP contribution in [0.3, 0.4) is 0 Å². The second kappa shape index (κ2) is 6.53. The van der Waals surface area contributed by atoms with Gasteiger partial charge in [0.1, 0.15) is 5.75 Å². The molecule has 0 aliphatic carbocycles. The smallest absolute Gasteiger partial charge is 0.123 e. The zero-order valence-corrected chi connectivity index (χ0v) is 12.4. The van der Waals surface area contributed by atoms with E-state index in [2.05, 4.69) is 12.2 Å². The summed E-state index contributed by atoms with van der Waals surface area (Å²) in [6, 6.07) is 13.5. The lowest BCUT2D eigenvalue weighted by atomic mass is 10.1. The summed E-state index contributed by atoms with van der Waals surface area (Å²) in [6.45, 7) is 4.62. The van der Waals surface area contributed by atoms with Crippen LogP contribution in [0.5, 0.6) is 5.75 Å². The van der Waals surface area contributed by atoms with Crippen LogP contribution >= 0.6 is 11.6 Å². The Morgan fingerprint density at radius 1 is 1.25 bits per heavy atom. The van der Waals surface area contributed by atoms with Gasteiger partial charge in [-0.2, -0.15) is 0 Å². The van der Waals surface area contributed by atoms with Gasteiger partial charge in [0.15, 0.2) is 0 Å². The molecule has 1 unspecified atom stereocenters. The predicted octanol–water partition coefficient (Wildman–Crippen LogP) is 4.49. The third-order valence-corrected chi connectivity index (χ3v) is 3.34. The Bertz CT molecular complexity index is 586. The third kappa shape index (κ3) is 3.58. The van der Waals surface area contributed by atoms with Crippen molar-refractivity contribution in [2.45, 2.75) is 19.9 Å². The van der Waals surface area contributed by atoms with Crippen LogP contribution in [-0.2, 0) is 0 Å². The van der Waals surface area contributed by atoms with E-state index in [1.807, 2.05) is 49.4 Å². The van der Waals surface area contributed by atoms with Crippen molar-refractivity contribution < 1.29 is 4.74 Å². The number of nitrogens with one attached hydrogen (secondary N) is 1. The van der Waals surface area contributed by atoms with Gasteiger partial charge in [0.25, 0.3) is 0 Å². The Hall–Kier alpha value is -1.87. The molecule has 4 heteroatoms. The van der Waals surface area contributed by atoms with Gasteiger partial charge in [0.05, 0.1) is 6.61 Å². The molecule has 0 aromatic heterocycles. The molecule has 106 valence electrons. The van der Waals surface area contributed by atoms with Gasteiger partial charge < -0.3 is 15.8 Å². The monoisotopic (exact) mass is 290 g/mol. The first kappa shape index (κ1) is 14.5. The second-order valence-corrected chi connectivity index (χ2v) is 5.02. The van der Waals surface area contributed by atoms with Gasteiger partial charge in [-0.25, -0.2) is 0 Å². The molecule has 1 atom stereocenters. The van der Waals surface area contributed by atoms with Gasteiger partial charge in [-0.15, -0.1) is 0 Å². The van der Waals surface area contributed by atoms with E-state index in [4.69, 9.17) is 22.1 Å². The molecule has 3 nitrogen and oxygen atoms in total. The molecule has 0 fully saturated rings. The van der Waals surface area contributed by atoms with Crippen molar-refractivity contribution in [3.8, 4) is 5.75 Å². The summed E-state index contributed by atoms with van der Waals surface area (Å²) < 4.78 is 5.49. The number of hydrogen-bond acceptors (Lipinski definition) is 3. The molecule has 0 amide bonds. The third-order valence-electron chi connectivity index (χ3n) is 2.99. The highest BCUT2D eigenvalue weighted by atomic mass is 35.5. The van der Waals surface area contributed by atoms with Crippen LogP contribution in [0.2, 0.25) is 5.02 Å². The molecule has 0 saturated carbocycles. The van der Waals surface area contributed by atoms with Gasteiger partial charge in [-0.3, -0.25) is 0 Å². The fourth-order valence-electron chi connectivity index (χ4n) is 2.11. The predicted molar refractivity (Wildman–Crippen MR) is 85.5 cm³/mol. The molecule has 0 saturated heterocycles. The zero-order valence-electron chi connectivity index (χ0n) is 11.7. The molecule has 0 radical (unpaired) electrons. The number of hydrogen-bond donors (Lipinski definition) is 2. The lowest BCUT2D eigenvalue weighted by Gasteiger charge is -2.18. The van der Waals surface area contributed by atoms with Crippen LogP contribution in [-0.4, -0.2) is 6.61 Å². The highest BCUT2D eigenvalue weighted by Crippen LogP contribution is 2.28. The number of rotatable bonds is 5. The van der Waals surface area contributed by atoms with E-state index in [1.54, 1.807) is 0 Å². The standard InChI is InChI=1S/C16H19ClN2O/c1-3-20-14-9-12(18)8-13(10-14)19-11(2)15-6-4-5-7-16(15)17/h4-11,19H,3,18H2,1-2H3. The maximum absolute atomic E-state index is 6.21. The van der Waals surface area contributed by atoms with E-state index in [0.29, 0.717) is 12.3 Å². The van der Waals surface area contributed by atoms with E-state index in [9.17, 15) is 0 Å². The van der Waals surface area contributed by atoms with E-state index >= 15 is 0 Å². The van der Waals surface area contributed by atoms with Crippen molar-refractivity contribution in [1.82, 2.24) is 0 Å². The number of nitrogens with two attached hydrogens (primary N) is 1. The Morgan fingerprint density at radius 2 is 2.00 bits per heavy atom. The fraction of sp³-hybridized carbons (Fsp3) is 0.250. The van der Waals surface area contributed by atoms with Crippen molar-refractivity contribution in [2.75, 3.05) is 17.7 Å². The van der Waals surface area contributed by atoms with Crippen LogP contribution in [0, 0.1) is 0 Å². The van der Waals surface area contributed by atoms with Crippen molar-refractivity contribution in [3.05, 3.63) is 53.1 Å². The molecule has 0 heterocycles. The van der Waals surface area contributed by atoms with E-state index < -0.39 is 0 Å². The molecule has 0 aliphatic heterocycles. The quantitative estimate of drug-likeness (QED) is 0.797. The van der Waals surface area contributed by atoms with Crippen molar-refractivity contribution >= 4 is 23.0 Å². The second-order valence-electron chi connectivity index (χ2n) is 4.61. The number of ether oxygens (including phenoxy) is 1. The number of benzene rings is 2. The van der Waals surface area contributed by atoms with Crippen molar-refractivity contribution in [1.29, 1.82) is 0 Å². The van der Waals surface area contributed by atoms with Gasteiger partial charge in [-0.05, 0) is 31.5 Å². The summed E-state index contributed by atoms with van der Waals surface area (Å²) in [5.41, 5.74) is 8.53. The van der Waals surface area contributed by atoms with Crippen LogP contribution in [0.25, 0.3) is 0 Å². The van der Waals surface area contributed by atoms with Crippen molar-refractivity contribution in [2.24, 2.45) is 0 Å². The molecule has 0 bridgehead atoms. The van der Waals surface area contributed by atoms with Gasteiger partial charge in [-0.1, -0.05) is 29.8 Å². The minimum Gasteiger partial charge on any atom is -0.494 e. The highest BCUT2D eigenvalue weighted by Gasteiger charge is 2.09. The van der Waals surface area contributed by atoms with Gasteiger partial charge >= 0.3 is 0 Å². The molecular formula is C16H19ClN2O. The van der Waals surface area contributed by atoms with Crippen LogP contribution in [0.1, 0.15) is 25.5 Å². The van der Waals surface area contributed by atoms with E-state index in [1.165, 1.54) is 0 Å². The molecule has 0 aliphatic rings. The largest absolute Gasteiger partial charge is 0.494 e. The normalized spacial score (nSPS) is 11.9. The molecule has 3 N–H and O–H groups in total. The van der Waals surface area contributed by atoms with Crippen molar-refractivity contribution in [3.63, 3.8) is 0 Å². The average molecular weight is 291 g/mol. The molecule has 2 aromatic rings. The zero-order chi connectivity index (χ0) is 14.5. The maximum atomic E-state index is 6.21. The Balaban J connectivity index is 2.19. The number of halogens is 1. The summed E-state index contributed by atoms with van der Waals surface area (Å²) in [6.07, 6.45) is 0. The minimum absolute atomic E-state index is 0.0833. The summed E-state index contributed by atoms with van der Waals surface area (Å²) in [5.74, 6) is 0.765. The topological polar surface area (TPSA) is 47.3 Å².